The molecule has 0 radical (unpaired) electrons. The fourth-order valence-electron chi connectivity index (χ4n) is 3.04. The number of benzene rings is 1. The average molecular weight is 231 g/mol. The van der Waals surface area contributed by atoms with Gasteiger partial charge in [0.25, 0.3) is 0 Å². The van der Waals surface area contributed by atoms with Crippen molar-refractivity contribution in [3.05, 3.63) is 29.8 Å². The fraction of sp³-hybridized carbons (Fsp3) is 0.500. The molecule has 0 aromatic heterocycles. The van der Waals surface area contributed by atoms with Crippen molar-refractivity contribution in [2.24, 2.45) is 5.92 Å². The van der Waals surface area contributed by atoms with Crippen molar-refractivity contribution < 1.29 is 9.53 Å². The highest BCUT2D eigenvalue weighted by molar-refractivity contribution is 5.83. The lowest BCUT2D eigenvalue weighted by Crippen LogP contribution is -2.23. The van der Waals surface area contributed by atoms with Crippen LogP contribution in [0.2, 0.25) is 0 Å². The summed E-state index contributed by atoms with van der Waals surface area (Å²) < 4.78 is 5.15. The first-order chi connectivity index (χ1) is 8.28. The van der Waals surface area contributed by atoms with Crippen molar-refractivity contribution in [3.8, 4) is 5.75 Å². The van der Waals surface area contributed by atoms with Crippen LogP contribution in [-0.4, -0.2) is 18.9 Å². The van der Waals surface area contributed by atoms with Gasteiger partial charge in [0.2, 0.25) is 0 Å². The molecular formula is C14H17NO2. The Hall–Kier alpha value is -1.35. The Morgan fingerprint density at radius 3 is 2.76 bits per heavy atom. The number of nitrogens with one attached hydrogen (secondary N) is 1. The summed E-state index contributed by atoms with van der Waals surface area (Å²) in [5, 5.41) is 3.58. The van der Waals surface area contributed by atoms with Gasteiger partial charge in [-0.3, -0.25) is 4.79 Å². The van der Waals surface area contributed by atoms with E-state index in [-0.39, 0.29) is 12.0 Å². The first kappa shape index (κ1) is 10.8. The monoisotopic (exact) mass is 231 g/mol. The zero-order chi connectivity index (χ0) is 11.8. The van der Waals surface area contributed by atoms with Gasteiger partial charge in [0.15, 0.2) is 0 Å². The fourth-order valence-corrected chi connectivity index (χ4v) is 3.04. The number of rotatable bonds is 2. The van der Waals surface area contributed by atoms with Crippen LogP contribution in [0.25, 0.3) is 0 Å². The molecular weight excluding hydrogens is 214 g/mol. The molecule has 2 aliphatic rings. The summed E-state index contributed by atoms with van der Waals surface area (Å²) >= 11 is 0. The SMILES string of the molecule is COc1ccc(C2NC3CCC(=O)C2C3)cc1. The van der Waals surface area contributed by atoms with Gasteiger partial charge in [-0.2, -0.15) is 0 Å². The van der Waals surface area contributed by atoms with Crippen LogP contribution in [0, 0.1) is 5.92 Å². The highest BCUT2D eigenvalue weighted by Gasteiger charge is 2.42. The van der Waals surface area contributed by atoms with E-state index in [0.717, 1.165) is 25.0 Å². The number of hydrogen-bond donors (Lipinski definition) is 1. The molecule has 3 atom stereocenters. The molecule has 3 unspecified atom stereocenters. The summed E-state index contributed by atoms with van der Waals surface area (Å²) in [6.45, 7) is 0. The highest BCUT2D eigenvalue weighted by atomic mass is 16.5. The quantitative estimate of drug-likeness (QED) is 0.847. The minimum Gasteiger partial charge on any atom is -0.497 e. The molecule has 1 aromatic carbocycles. The zero-order valence-electron chi connectivity index (χ0n) is 9.98. The van der Waals surface area contributed by atoms with Crippen LogP contribution >= 0.6 is 0 Å². The molecule has 17 heavy (non-hydrogen) atoms. The maximum atomic E-state index is 11.9. The second-order valence-corrected chi connectivity index (χ2v) is 4.96. The molecule has 1 aliphatic heterocycles. The van der Waals surface area contributed by atoms with Gasteiger partial charge in [-0.15, -0.1) is 0 Å². The van der Waals surface area contributed by atoms with Gasteiger partial charge in [-0.05, 0) is 30.5 Å². The Kier molecular flexibility index (Phi) is 2.63. The molecule has 1 saturated heterocycles. The van der Waals surface area contributed by atoms with Crippen LogP contribution in [0.4, 0.5) is 0 Å². The molecule has 0 amide bonds. The third-order valence-electron chi connectivity index (χ3n) is 3.98. The van der Waals surface area contributed by atoms with E-state index >= 15 is 0 Å². The minimum absolute atomic E-state index is 0.183. The Labute approximate surface area is 101 Å². The molecule has 1 N–H and O–H groups in total. The predicted molar refractivity (Wildman–Crippen MR) is 65.0 cm³/mol. The molecule has 2 fully saturated rings. The topological polar surface area (TPSA) is 38.3 Å². The standard InChI is InChI=1S/C14H17NO2/c1-17-11-5-2-9(3-6-11)14-12-8-10(15-14)4-7-13(12)16/h2-3,5-6,10,12,14-15H,4,7-8H2,1H3. The second-order valence-electron chi connectivity index (χ2n) is 4.96. The van der Waals surface area contributed by atoms with Gasteiger partial charge < -0.3 is 10.1 Å². The van der Waals surface area contributed by atoms with Crippen LogP contribution < -0.4 is 10.1 Å². The van der Waals surface area contributed by atoms with E-state index in [4.69, 9.17) is 4.74 Å². The molecule has 1 saturated carbocycles. The third kappa shape index (κ3) is 1.84. The van der Waals surface area contributed by atoms with Crippen molar-refractivity contribution in [2.75, 3.05) is 7.11 Å². The Balaban J connectivity index is 1.86. The van der Waals surface area contributed by atoms with Gasteiger partial charge in [0, 0.05) is 24.4 Å². The molecule has 0 spiro atoms. The van der Waals surface area contributed by atoms with Crippen molar-refractivity contribution in [1.82, 2.24) is 5.32 Å². The lowest BCUT2D eigenvalue weighted by Gasteiger charge is -2.18. The average Bonchev–Trinajstić information content (AvgIpc) is 2.74. The van der Waals surface area contributed by atoms with E-state index in [0.29, 0.717) is 11.8 Å². The Bertz CT molecular complexity index is 426. The summed E-state index contributed by atoms with van der Waals surface area (Å²) in [5.74, 6) is 1.47. The molecule has 1 aliphatic carbocycles. The van der Waals surface area contributed by atoms with Gasteiger partial charge in [-0.25, -0.2) is 0 Å². The summed E-state index contributed by atoms with van der Waals surface area (Å²) in [4.78, 5) is 11.9. The lowest BCUT2D eigenvalue weighted by molar-refractivity contribution is -0.124. The van der Waals surface area contributed by atoms with E-state index in [1.807, 2.05) is 12.1 Å². The van der Waals surface area contributed by atoms with Crippen molar-refractivity contribution in [2.45, 2.75) is 31.3 Å². The molecule has 2 bridgehead atoms. The number of carbonyl (C=O) groups excluding carboxylic acids is 1. The summed E-state index contributed by atoms with van der Waals surface area (Å²) in [7, 11) is 1.67. The minimum atomic E-state index is 0.183. The largest absolute Gasteiger partial charge is 0.497 e. The number of methoxy groups -OCH3 is 1. The zero-order valence-corrected chi connectivity index (χ0v) is 9.98. The number of ether oxygens (including phenoxy) is 1. The molecule has 3 nitrogen and oxygen atoms in total. The van der Waals surface area contributed by atoms with Gasteiger partial charge >= 0.3 is 0 Å². The van der Waals surface area contributed by atoms with Gasteiger partial charge in [0.1, 0.15) is 11.5 Å². The summed E-state index contributed by atoms with van der Waals surface area (Å²) in [6, 6.07) is 8.79. The van der Waals surface area contributed by atoms with E-state index in [1.165, 1.54) is 5.56 Å². The van der Waals surface area contributed by atoms with Crippen LogP contribution in [0.15, 0.2) is 24.3 Å². The Morgan fingerprint density at radius 2 is 2.06 bits per heavy atom. The van der Waals surface area contributed by atoms with Crippen LogP contribution in [0.3, 0.4) is 0 Å². The van der Waals surface area contributed by atoms with Gasteiger partial charge in [0.05, 0.1) is 7.11 Å². The van der Waals surface area contributed by atoms with Crippen molar-refractivity contribution in [3.63, 3.8) is 0 Å². The normalized spacial score (nSPS) is 31.6. The number of ketones is 1. The smallest absolute Gasteiger partial charge is 0.137 e. The number of fused-ring (bicyclic) bond motifs is 2. The lowest BCUT2D eigenvalue weighted by atomic mass is 9.84. The van der Waals surface area contributed by atoms with E-state index in [2.05, 4.69) is 17.4 Å². The van der Waals surface area contributed by atoms with Crippen LogP contribution in [0.5, 0.6) is 5.75 Å². The third-order valence-corrected chi connectivity index (χ3v) is 3.98. The first-order valence-corrected chi connectivity index (χ1v) is 6.20. The maximum absolute atomic E-state index is 11.9. The van der Waals surface area contributed by atoms with Gasteiger partial charge in [-0.1, -0.05) is 12.1 Å². The Morgan fingerprint density at radius 1 is 1.29 bits per heavy atom. The van der Waals surface area contributed by atoms with Crippen LogP contribution in [-0.2, 0) is 4.79 Å². The molecule has 1 heterocycles. The van der Waals surface area contributed by atoms with E-state index in [9.17, 15) is 4.79 Å². The molecule has 90 valence electrons. The van der Waals surface area contributed by atoms with E-state index < -0.39 is 0 Å². The number of carbonyl (C=O) groups is 1. The van der Waals surface area contributed by atoms with Crippen molar-refractivity contribution >= 4 is 5.78 Å². The van der Waals surface area contributed by atoms with Crippen molar-refractivity contribution in [1.29, 1.82) is 0 Å². The number of hydrogen-bond acceptors (Lipinski definition) is 3. The van der Waals surface area contributed by atoms with E-state index in [1.54, 1.807) is 7.11 Å². The predicted octanol–water partition coefficient (Wildman–Crippen LogP) is 2.08. The summed E-state index contributed by atoms with van der Waals surface area (Å²) in [5.41, 5.74) is 1.20. The first-order valence-electron chi connectivity index (χ1n) is 6.20. The molecule has 3 rings (SSSR count). The maximum Gasteiger partial charge on any atom is 0.137 e. The highest BCUT2D eigenvalue weighted by Crippen LogP contribution is 2.39. The second kappa shape index (κ2) is 4.15. The summed E-state index contributed by atoms with van der Waals surface area (Å²) in [6.07, 6.45) is 2.76. The molecule has 3 heteroatoms. The molecule has 1 aromatic rings. The van der Waals surface area contributed by atoms with Crippen LogP contribution in [0.1, 0.15) is 30.9 Å². The number of Topliss-reactive ketones (excluding diaryl/α,β-unsaturated/α-hetero) is 1.